The molecule has 6 nitrogen and oxygen atoms in total. The number of carbonyl (C=O) groups excluding carboxylic acids is 2. The molecule has 1 saturated heterocycles. The van der Waals surface area contributed by atoms with Crippen molar-refractivity contribution < 1.29 is 29.3 Å². The fourth-order valence-corrected chi connectivity index (χ4v) is 1.26. The van der Waals surface area contributed by atoms with Crippen LogP contribution in [0, 0.1) is 5.92 Å². The van der Waals surface area contributed by atoms with Gasteiger partial charge < -0.3 is 19.7 Å². The van der Waals surface area contributed by atoms with Crippen LogP contribution in [0.2, 0.25) is 0 Å². The summed E-state index contributed by atoms with van der Waals surface area (Å²) < 4.78 is 9.30. The van der Waals surface area contributed by atoms with Crippen molar-refractivity contribution in [3.63, 3.8) is 0 Å². The van der Waals surface area contributed by atoms with Crippen molar-refractivity contribution in [2.45, 2.75) is 38.6 Å². The number of esters is 2. The number of hydrogen-bond acceptors (Lipinski definition) is 6. The van der Waals surface area contributed by atoms with Gasteiger partial charge in [-0.25, -0.2) is 0 Å². The van der Waals surface area contributed by atoms with Crippen LogP contribution in [0.3, 0.4) is 0 Å². The minimum atomic E-state index is -2.58. The van der Waals surface area contributed by atoms with Gasteiger partial charge in [-0.1, -0.05) is 6.92 Å². The molecule has 0 aliphatic carbocycles. The van der Waals surface area contributed by atoms with Gasteiger partial charge in [0.15, 0.2) is 0 Å². The average Bonchev–Trinajstić information content (AvgIpc) is 2.20. The predicted octanol–water partition coefficient (Wildman–Crippen LogP) is -0.0787. The Morgan fingerprint density at radius 3 is 2.38 bits per heavy atom. The maximum absolute atomic E-state index is 11.2. The second kappa shape index (κ2) is 5.27. The Morgan fingerprint density at radius 2 is 1.75 bits per heavy atom. The third-order valence-corrected chi connectivity index (χ3v) is 2.41. The van der Waals surface area contributed by atoms with Crippen molar-refractivity contribution in [2.24, 2.45) is 5.92 Å². The first kappa shape index (κ1) is 12.9. The van der Waals surface area contributed by atoms with Crippen LogP contribution in [0.15, 0.2) is 0 Å². The van der Waals surface area contributed by atoms with Crippen LogP contribution in [0.4, 0.5) is 0 Å². The SMILES string of the molecule is CC1COC(=O)CCCCC(=O)OC1(O)O. The first-order valence-corrected chi connectivity index (χ1v) is 5.24. The fourth-order valence-electron chi connectivity index (χ4n) is 1.26. The Hall–Kier alpha value is -1.14. The van der Waals surface area contributed by atoms with E-state index in [-0.39, 0.29) is 19.4 Å². The minimum Gasteiger partial charge on any atom is -0.465 e. The lowest BCUT2D eigenvalue weighted by atomic mass is 10.1. The lowest BCUT2D eigenvalue weighted by molar-refractivity contribution is -0.347. The van der Waals surface area contributed by atoms with Crippen molar-refractivity contribution in [2.75, 3.05) is 6.61 Å². The molecule has 0 saturated carbocycles. The summed E-state index contributed by atoms with van der Waals surface area (Å²) in [5, 5.41) is 18.9. The van der Waals surface area contributed by atoms with E-state index in [9.17, 15) is 19.8 Å². The maximum atomic E-state index is 11.2. The van der Waals surface area contributed by atoms with Crippen molar-refractivity contribution in [1.29, 1.82) is 0 Å². The Kier molecular flexibility index (Phi) is 4.26. The van der Waals surface area contributed by atoms with E-state index in [1.54, 1.807) is 0 Å². The molecule has 1 heterocycles. The van der Waals surface area contributed by atoms with Crippen LogP contribution in [0.5, 0.6) is 0 Å². The smallest absolute Gasteiger partial charge is 0.330 e. The van der Waals surface area contributed by atoms with E-state index in [1.165, 1.54) is 6.92 Å². The van der Waals surface area contributed by atoms with Gasteiger partial charge in [0.05, 0.1) is 5.92 Å². The third-order valence-electron chi connectivity index (χ3n) is 2.41. The van der Waals surface area contributed by atoms with Crippen LogP contribution < -0.4 is 0 Å². The van der Waals surface area contributed by atoms with E-state index in [1.807, 2.05) is 0 Å². The molecule has 0 amide bonds. The molecule has 92 valence electrons. The fraction of sp³-hybridized carbons (Fsp3) is 0.800. The van der Waals surface area contributed by atoms with Crippen molar-refractivity contribution in [3.05, 3.63) is 0 Å². The topological polar surface area (TPSA) is 93.1 Å². The van der Waals surface area contributed by atoms with Crippen LogP contribution in [-0.4, -0.2) is 34.7 Å². The number of cyclic esters (lactones) is 2. The molecule has 1 unspecified atom stereocenters. The summed E-state index contributed by atoms with van der Waals surface area (Å²) in [6.45, 7) is 1.22. The molecule has 1 rings (SSSR count). The standard InChI is InChI=1S/C10H16O6/c1-7-6-15-8(11)4-2-3-5-9(12)16-10(7,13)14/h7,13-14H,2-6H2,1H3. The molecule has 16 heavy (non-hydrogen) atoms. The van der Waals surface area contributed by atoms with Crippen molar-refractivity contribution >= 4 is 11.9 Å². The van der Waals surface area contributed by atoms with E-state index in [0.717, 1.165) is 0 Å². The summed E-state index contributed by atoms with van der Waals surface area (Å²) in [4.78, 5) is 22.3. The van der Waals surface area contributed by atoms with Gasteiger partial charge in [0, 0.05) is 12.8 Å². The average molecular weight is 232 g/mol. The Labute approximate surface area is 93.2 Å². The molecule has 0 radical (unpaired) electrons. The van der Waals surface area contributed by atoms with Gasteiger partial charge in [0.2, 0.25) is 0 Å². The zero-order valence-corrected chi connectivity index (χ0v) is 9.14. The highest BCUT2D eigenvalue weighted by Gasteiger charge is 2.36. The van der Waals surface area contributed by atoms with E-state index in [4.69, 9.17) is 4.74 Å². The number of aliphatic hydroxyl groups is 2. The van der Waals surface area contributed by atoms with Crippen LogP contribution in [0.1, 0.15) is 32.6 Å². The second-order valence-corrected chi connectivity index (χ2v) is 3.92. The normalized spacial score (nSPS) is 27.6. The molecule has 6 heteroatoms. The van der Waals surface area contributed by atoms with Gasteiger partial charge in [-0.3, -0.25) is 9.59 Å². The minimum absolute atomic E-state index is 0.0584. The van der Waals surface area contributed by atoms with Crippen LogP contribution in [0.25, 0.3) is 0 Å². The molecular formula is C10H16O6. The van der Waals surface area contributed by atoms with E-state index in [0.29, 0.717) is 12.8 Å². The van der Waals surface area contributed by atoms with Crippen LogP contribution >= 0.6 is 0 Å². The van der Waals surface area contributed by atoms with E-state index in [2.05, 4.69) is 4.74 Å². The highest BCUT2D eigenvalue weighted by molar-refractivity contribution is 5.71. The summed E-state index contributed by atoms with van der Waals surface area (Å²) in [5.74, 6) is -4.57. The summed E-state index contributed by atoms with van der Waals surface area (Å²) in [7, 11) is 0. The quantitative estimate of drug-likeness (QED) is 0.448. The highest BCUT2D eigenvalue weighted by atomic mass is 16.8. The van der Waals surface area contributed by atoms with Crippen molar-refractivity contribution in [1.82, 2.24) is 0 Å². The first-order chi connectivity index (χ1) is 7.42. The van der Waals surface area contributed by atoms with Gasteiger partial charge in [-0.15, -0.1) is 0 Å². The molecule has 1 fully saturated rings. The Morgan fingerprint density at radius 1 is 1.19 bits per heavy atom. The lowest BCUT2D eigenvalue weighted by Gasteiger charge is -2.26. The molecule has 1 atom stereocenters. The maximum Gasteiger partial charge on any atom is 0.330 e. The van der Waals surface area contributed by atoms with E-state index >= 15 is 0 Å². The second-order valence-electron chi connectivity index (χ2n) is 3.92. The zero-order chi connectivity index (χ0) is 12.2. The van der Waals surface area contributed by atoms with E-state index < -0.39 is 23.8 Å². The molecule has 0 bridgehead atoms. The summed E-state index contributed by atoms with van der Waals surface area (Å²) in [6, 6.07) is 0. The third kappa shape index (κ3) is 3.79. The largest absolute Gasteiger partial charge is 0.465 e. The number of hydrogen-bond donors (Lipinski definition) is 2. The van der Waals surface area contributed by atoms with Crippen molar-refractivity contribution in [3.8, 4) is 0 Å². The lowest BCUT2D eigenvalue weighted by Crippen LogP contribution is -2.43. The number of ether oxygens (including phenoxy) is 2. The Bertz CT molecular complexity index is 272. The Balaban J connectivity index is 2.68. The molecular weight excluding hydrogens is 216 g/mol. The van der Waals surface area contributed by atoms with Gasteiger partial charge in [0.25, 0.3) is 0 Å². The zero-order valence-electron chi connectivity index (χ0n) is 9.14. The van der Waals surface area contributed by atoms with Gasteiger partial charge >= 0.3 is 17.9 Å². The number of carbonyl (C=O) groups is 2. The predicted molar refractivity (Wildman–Crippen MR) is 51.9 cm³/mol. The molecule has 0 spiro atoms. The van der Waals surface area contributed by atoms with Gasteiger partial charge in [-0.2, -0.15) is 0 Å². The molecule has 1 aliphatic heterocycles. The molecule has 0 aromatic rings. The molecule has 2 N–H and O–H groups in total. The molecule has 0 aromatic carbocycles. The van der Waals surface area contributed by atoms with Gasteiger partial charge in [-0.05, 0) is 12.8 Å². The molecule has 0 aromatic heterocycles. The summed E-state index contributed by atoms with van der Waals surface area (Å²) in [6.07, 6.45) is 1.26. The monoisotopic (exact) mass is 232 g/mol. The summed E-state index contributed by atoms with van der Waals surface area (Å²) in [5.41, 5.74) is 0. The van der Waals surface area contributed by atoms with Gasteiger partial charge in [0.1, 0.15) is 6.61 Å². The highest BCUT2D eigenvalue weighted by Crippen LogP contribution is 2.19. The molecule has 1 aliphatic rings. The number of rotatable bonds is 0. The first-order valence-electron chi connectivity index (χ1n) is 5.24. The van der Waals surface area contributed by atoms with Crippen LogP contribution in [-0.2, 0) is 19.1 Å². The summed E-state index contributed by atoms with van der Waals surface area (Å²) >= 11 is 0.